The number of allylic oxidation sites excluding steroid dienone is 4. The maximum atomic E-state index is 12.6. The first kappa shape index (κ1) is 22.9. The molecule has 0 radical (unpaired) electrons. The average molecular weight is 447 g/mol. The first-order valence-corrected chi connectivity index (χ1v) is 13.5. The summed E-state index contributed by atoms with van der Waals surface area (Å²) >= 11 is 0. The fourth-order valence-electron chi connectivity index (χ4n) is 8.35. The average Bonchev–Trinajstić information content (AvgIpc) is 3.17. The maximum Gasteiger partial charge on any atom is 0.338 e. The molecule has 0 amide bonds. The van der Waals surface area contributed by atoms with Crippen molar-refractivity contribution in [3.05, 3.63) is 59.2 Å². The number of rotatable bonds is 5. The predicted octanol–water partition coefficient (Wildman–Crippen LogP) is 8.15. The molecule has 4 aliphatic rings. The zero-order valence-corrected chi connectivity index (χ0v) is 21.1. The Kier molecular flexibility index (Phi) is 6.08. The summed E-state index contributed by atoms with van der Waals surface area (Å²) in [6.07, 6.45) is 16.2. The van der Waals surface area contributed by atoms with Gasteiger partial charge in [-0.1, -0.05) is 75.6 Å². The fraction of sp³-hybridized carbons (Fsp3) is 0.645. The van der Waals surface area contributed by atoms with E-state index in [9.17, 15) is 4.79 Å². The largest absolute Gasteiger partial charge is 0.459 e. The van der Waals surface area contributed by atoms with Crippen molar-refractivity contribution in [1.29, 1.82) is 0 Å². The molecule has 2 saturated carbocycles. The van der Waals surface area contributed by atoms with Gasteiger partial charge in [-0.05, 0) is 98.0 Å². The molecule has 5 rings (SSSR count). The van der Waals surface area contributed by atoms with Crippen molar-refractivity contribution in [3.8, 4) is 0 Å². The van der Waals surface area contributed by atoms with E-state index in [1.165, 1.54) is 38.5 Å². The van der Waals surface area contributed by atoms with Crippen molar-refractivity contribution in [2.75, 3.05) is 0 Å². The number of esters is 1. The third kappa shape index (κ3) is 3.82. The minimum absolute atomic E-state index is 0.0661. The highest BCUT2D eigenvalue weighted by Gasteiger charge is 2.55. The molecule has 178 valence electrons. The van der Waals surface area contributed by atoms with Gasteiger partial charge in [0.1, 0.15) is 6.10 Å². The van der Waals surface area contributed by atoms with Gasteiger partial charge < -0.3 is 4.74 Å². The summed E-state index contributed by atoms with van der Waals surface area (Å²) in [7, 11) is 0. The van der Waals surface area contributed by atoms with E-state index < -0.39 is 0 Å². The molecule has 2 nitrogen and oxygen atoms in total. The van der Waals surface area contributed by atoms with E-state index in [0.29, 0.717) is 16.9 Å². The van der Waals surface area contributed by atoms with Crippen LogP contribution in [0.2, 0.25) is 0 Å². The van der Waals surface area contributed by atoms with Gasteiger partial charge in [0, 0.05) is 0 Å². The summed E-state index contributed by atoms with van der Waals surface area (Å²) in [5, 5.41) is 0. The van der Waals surface area contributed by atoms with Gasteiger partial charge in [0.2, 0.25) is 0 Å². The highest BCUT2D eigenvalue weighted by Crippen LogP contribution is 2.65. The summed E-state index contributed by atoms with van der Waals surface area (Å²) in [5.41, 5.74) is 4.86. The molecular weight excluding hydrogens is 404 g/mol. The lowest BCUT2D eigenvalue weighted by Gasteiger charge is -2.57. The number of benzene rings is 1. The molecule has 1 aromatic carbocycles. The van der Waals surface area contributed by atoms with Crippen LogP contribution in [0.4, 0.5) is 0 Å². The number of ether oxygens (including phenoxy) is 1. The lowest BCUT2D eigenvalue weighted by Crippen LogP contribution is -2.48. The van der Waals surface area contributed by atoms with Gasteiger partial charge in [0.15, 0.2) is 0 Å². The van der Waals surface area contributed by atoms with Crippen molar-refractivity contribution in [2.45, 2.75) is 91.6 Å². The number of fused-ring (bicyclic) bond motifs is 5. The number of hydrogen-bond acceptors (Lipinski definition) is 2. The molecule has 0 aliphatic heterocycles. The second kappa shape index (κ2) is 8.75. The van der Waals surface area contributed by atoms with Crippen molar-refractivity contribution in [1.82, 2.24) is 0 Å². The van der Waals surface area contributed by atoms with E-state index in [0.717, 1.165) is 37.0 Å². The Balaban J connectivity index is 1.30. The zero-order valence-electron chi connectivity index (χ0n) is 21.1. The van der Waals surface area contributed by atoms with E-state index in [2.05, 4.69) is 39.8 Å². The summed E-state index contributed by atoms with van der Waals surface area (Å²) < 4.78 is 5.99. The van der Waals surface area contributed by atoms with Crippen LogP contribution in [0.15, 0.2) is 53.6 Å². The van der Waals surface area contributed by atoms with Crippen LogP contribution in [0.3, 0.4) is 0 Å². The van der Waals surface area contributed by atoms with Crippen LogP contribution in [-0.2, 0) is 4.74 Å². The van der Waals surface area contributed by atoms with Crippen molar-refractivity contribution < 1.29 is 9.53 Å². The van der Waals surface area contributed by atoms with Crippen LogP contribution in [0.25, 0.3) is 0 Å². The molecule has 7 atom stereocenters. The molecule has 4 aliphatic carbocycles. The van der Waals surface area contributed by atoms with Crippen LogP contribution in [0.5, 0.6) is 0 Å². The third-order valence-electron chi connectivity index (χ3n) is 10.2. The maximum absolute atomic E-state index is 12.6. The Hall–Kier alpha value is -1.83. The number of carbonyl (C=O) groups is 1. The van der Waals surface area contributed by atoms with Crippen molar-refractivity contribution in [2.24, 2.45) is 34.5 Å². The lowest BCUT2D eigenvalue weighted by atomic mass is 9.48. The van der Waals surface area contributed by atoms with E-state index in [1.807, 2.05) is 30.3 Å². The zero-order chi connectivity index (χ0) is 23.2. The van der Waals surface area contributed by atoms with E-state index in [-0.39, 0.29) is 17.5 Å². The molecule has 0 unspecified atom stereocenters. The lowest BCUT2D eigenvalue weighted by molar-refractivity contribution is -0.0266. The van der Waals surface area contributed by atoms with E-state index >= 15 is 0 Å². The van der Waals surface area contributed by atoms with Crippen molar-refractivity contribution in [3.63, 3.8) is 0 Å². The Bertz CT molecular complexity index is 943. The van der Waals surface area contributed by atoms with Crippen LogP contribution in [0.1, 0.15) is 95.8 Å². The molecule has 0 spiro atoms. The molecule has 2 heteroatoms. The van der Waals surface area contributed by atoms with Gasteiger partial charge in [-0.25, -0.2) is 4.79 Å². The molecule has 0 heterocycles. The van der Waals surface area contributed by atoms with Crippen LogP contribution in [-0.4, -0.2) is 12.1 Å². The second-order valence-electron chi connectivity index (χ2n) is 11.9. The molecule has 0 saturated heterocycles. The van der Waals surface area contributed by atoms with Gasteiger partial charge >= 0.3 is 5.97 Å². The SMILES string of the molecule is CCC[C@@H](C)C1=CC[C@H]2[C@@H]3CC[C@@H]4C[C@H](OC(=O)c5ccccc5)CC[C@]4(C)C3=CC[C@]12C. The number of carbonyl (C=O) groups excluding carboxylic acids is 1. The summed E-state index contributed by atoms with van der Waals surface area (Å²) in [4.78, 5) is 12.6. The molecule has 0 aromatic heterocycles. The van der Waals surface area contributed by atoms with Gasteiger partial charge in [0.05, 0.1) is 5.56 Å². The Morgan fingerprint density at radius 3 is 2.64 bits per heavy atom. The van der Waals surface area contributed by atoms with Gasteiger partial charge in [-0.3, -0.25) is 0 Å². The quantitative estimate of drug-likeness (QED) is 0.337. The molecule has 0 N–H and O–H groups in total. The Morgan fingerprint density at radius 2 is 1.88 bits per heavy atom. The first-order chi connectivity index (χ1) is 15.9. The Morgan fingerprint density at radius 1 is 1.09 bits per heavy atom. The molecule has 33 heavy (non-hydrogen) atoms. The summed E-state index contributed by atoms with van der Waals surface area (Å²) in [6.45, 7) is 9.89. The van der Waals surface area contributed by atoms with Crippen LogP contribution >= 0.6 is 0 Å². The van der Waals surface area contributed by atoms with Crippen molar-refractivity contribution >= 4 is 5.97 Å². The highest BCUT2D eigenvalue weighted by molar-refractivity contribution is 5.89. The van der Waals surface area contributed by atoms with E-state index in [1.54, 1.807) is 11.1 Å². The second-order valence-corrected chi connectivity index (χ2v) is 11.9. The molecular formula is C31H42O2. The minimum Gasteiger partial charge on any atom is -0.459 e. The first-order valence-electron chi connectivity index (χ1n) is 13.5. The van der Waals surface area contributed by atoms with Crippen LogP contribution < -0.4 is 0 Å². The minimum atomic E-state index is -0.156. The van der Waals surface area contributed by atoms with Gasteiger partial charge in [-0.15, -0.1) is 0 Å². The molecule has 0 bridgehead atoms. The normalized spacial score (nSPS) is 38.3. The fourth-order valence-corrected chi connectivity index (χ4v) is 8.35. The summed E-state index contributed by atoms with van der Waals surface area (Å²) in [5.74, 6) is 2.74. The van der Waals surface area contributed by atoms with E-state index in [4.69, 9.17) is 4.74 Å². The number of hydrogen-bond donors (Lipinski definition) is 0. The topological polar surface area (TPSA) is 26.3 Å². The highest BCUT2D eigenvalue weighted by atomic mass is 16.5. The van der Waals surface area contributed by atoms with Gasteiger partial charge in [0.25, 0.3) is 0 Å². The smallest absolute Gasteiger partial charge is 0.338 e. The monoisotopic (exact) mass is 446 g/mol. The van der Waals surface area contributed by atoms with Gasteiger partial charge in [-0.2, -0.15) is 0 Å². The summed E-state index contributed by atoms with van der Waals surface area (Å²) in [6, 6.07) is 9.47. The Labute approximate surface area is 200 Å². The van der Waals surface area contributed by atoms with Crippen LogP contribution in [0, 0.1) is 34.5 Å². The molecule has 1 aromatic rings. The standard InChI is InChI=1S/C31H42O2/c1-5-9-21(2)26-14-15-27-25-13-12-23-20-24(33-29(32)22-10-7-6-8-11-22)16-18-30(23,3)28(25)17-19-31(26,27)4/h6-8,10-11,14,17,21,23-25,27H,5,9,12-13,15-16,18-20H2,1-4H3/t21-,23-,24-,25+,27+,30+,31-/m1/s1. The predicted molar refractivity (Wildman–Crippen MR) is 135 cm³/mol. The third-order valence-corrected chi connectivity index (χ3v) is 10.2. The molecule has 2 fully saturated rings.